The van der Waals surface area contributed by atoms with Gasteiger partial charge in [-0.2, -0.15) is 0 Å². The lowest BCUT2D eigenvalue weighted by Gasteiger charge is -2.11. The van der Waals surface area contributed by atoms with E-state index in [9.17, 15) is 0 Å². The Bertz CT molecular complexity index is 853. The highest BCUT2D eigenvalue weighted by molar-refractivity contribution is 9.10. The second-order valence-corrected chi connectivity index (χ2v) is 7.75. The summed E-state index contributed by atoms with van der Waals surface area (Å²) in [4.78, 5) is 0. The molecule has 0 aliphatic rings. The highest BCUT2D eigenvalue weighted by Gasteiger charge is 2.04. The molecule has 0 bridgehead atoms. The van der Waals surface area contributed by atoms with Crippen LogP contribution in [0.25, 0.3) is 0 Å². The fourth-order valence-electron chi connectivity index (χ4n) is 2.33. The van der Waals surface area contributed by atoms with Crippen LogP contribution >= 0.6 is 43.5 Å². The fourth-order valence-corrected chi connectivity index (χ4v) is 3.35. The van der Waals surface area contributed by atoms with Crippen molar-refractivity contribution in [3.8, 4) is 5.75 Å². The highest BCUT2D eigenvalue weighted by atomic mass is 79.9. The number of ether oxygens (including phenoxy) is 1. The Balaban J connectivity index is 1.59. The van der Waals surface area contributed by atoms with Crippen molar-refractivity contribution >= 4 is 49.1 Å². The summed E-state index contributed by atoms with van der Waals surface area (Å²) in [6, 6.07) is 21.9. The van der Waals surface area contributed by atoms with Crippen LogP contribution in [0.5, 0.6) is 5.75 Å². The van der Waals surface area contributed by atoms with Crippen LogP contribution in [-0.4, -0.2) is 0 Å². The van der Waals surface area contributed by atoms with Crippen molar-refractivity contribution in [2.45, 2.75) is 13.2 Å². The van der Waals surface area contributed by atoms with Crippen molar-refractivity contribution in [3.05, 3.63) is 91.8 Å². The molecule has 0 aliphatic heterocycles. The molecule has 2 nitrogen and oxygen atoms in total. The third kappa shape index (κ3) is 5.50. The van der Waals surface area contributed by atoms with Crippen molar-refractivity contribution in [1.82, 2.24) is 0 Å². The van der Waals surface area contributed by atoms with E-state index in [0.717, 1.165) is 37.5 Å². The van der Waals surface area contributed by atoms with Crippen LogP contribution in [0, 0.1) is 0 Å². The van der Waals surface area contributed by atoms with Crippen molar-refractivity contribution < 1.29 is 4.74 Å². The minimum atomic E-state index is 0.482. The van der Waals surface area contributed by atoms with Gasteiger partial charge in [-0.3, -0.25) is 0 Å². The number of nitrogens with one attached hydrogen (secondary N) is 1. The lowest BCUT2D eigenvalue weighted by atomic mass is 10.2. The maximum Gasteiger partial charge on any atom is 0.134 e. The molecule has 5 heteroatoms. The quantitative estimate of drug-likeness (QED) is 0.407. The molecule has 0 fully saturated rings. The number of rotatable bonds is 6. The minimum absolute atomic E-state index is 0.482. The normalized spacial score (nSPS) is 10.5. The SMILES string of the molecule is Clc1cccc(COc2ccc(CNc3ccc(Br)cc3)cc2Br)c1. The first-order chi connectivity index (χ1) is 12.1. The van der Waals surface area contributed by atoms with Crippen LogP contribution in [0.4, 0.5) is 5.69 Å². The number of benzene rings is 3. The van der Waals surface area contributed by atoms with E-state index in [2.05, 4.69) is 49.3 Å². The van der Waals surface area contributed by atoms with Crippen LogP contribution in [0.15, 0.2) is 75.7 Å². The smallest absolute Gasteiger partial charge is 0.134 e. The Morgan fingerprint density at radius 3 is 2.40 bits per heavy atom. The van der Waals surface area contributed by atoms with Crippen molar-refractivity contribution in [2.24, 2.45) is 0 Å². The molecule has 0 radical (unpaired) electrons. The molecule has 0 spiro atoms. The third-order valence-corrected chi connectivity index (χ3v) is 5.00. The Hall–Kier alpha value is -1.49. The van der Waals surface area contributed by atoms with Gasteiger partial charge in [0.2, 0.25) is 0 Å². The van der Waals surface area contributed by atoms with E-state index in [4.69, 9.17) is 16.3 Å². The van der Waals surface area contributed by atoms with E-state index < -0.39 is 0 Å². The Morgan fingerprint density at radius 2 is 1.68 bits per heavy atom. The summed E-state index contributed by atoms with van der Waals surface area (Å²) in [5, 5.41) is 4.12. The van der Waals surface area contributed by atoms with Crippen molar-refractivity contribution in [1.29, 1.82) is 0 Å². The second kappa shape index (κ2) is 8.75. The maximum absolute atomic E-state index is 6.00. The molecule has 3 rings (SSSR count). The molecule has 1 N–H and O–H groups in total. The average molecular weight is 482 g/mol. The molecule has 3 aromatic rings. The summed E-state index contributed by atoms with van der Waals surface area (Å²) in [6.45, 7) is 1.23. The molecule has 0 atom stereocenters. The molecule has 3 aromatic carbocycles. The fraction of sp³-hybridized carbons (Fsp3) is 0.100. The molecule has 0 heterocycles. The van der Waals surface area contributed by atoms with Crippen LogP contribution < -0.4 is 10.1 Å². The van der Waals surface area contributed by atoms with Gasteiger partial charge in [0.05, 0.1) is 4.47 Å². The molecule has 0 amide bonds. The summed E-state index contributed by atoms with van der Waals surface area (Å²) in [5.74, 6) is 0.812. The van der Waals surface area contributed by atoms with E-state index in [0.29, 0.717) is 6.61 Å². The predicted molar refractivity (Wildman–Crippen MR) is 111 cm³/mol. The number of hydrogen-bond donors (Lipinski definition) is 1. The van der Waals surface area contributed by atoms with E-state index in [1.807, 2.05) is 54.6 Å². The molecule has 0 aliphatic carbocycles. The Morgan fingerprint density at radius 1 is 0.880 bits per heavy atom. The van der Waals surface area contributed by atoms with Gasteiger partial charge in [0.25, 0.3) is 0 Å². The maximum atomic E-state index is 6.00. The van der Waals surface area contributed by atoms with Crippen LogP contribution in [0.3, 0.4) is 0 Å². The molecule has 0 aromatic heterocycles. The van der Waals surface area contributed by atoms with Crippen molar-refractivity contribution in [2.75, 3.05) is 5.32 Å². The van der Waals surface area contributed by atoms with E-state index >= 15 is 0 Å². The Kier molecular flexibility index (Phi) is 6.40. The molecular weight excluding hydrogens is 465 g/mol. The topological polar surface area (TPSA) is 21.3 Å². The zero-order valence-electron chi connectivity index (χ0n) is 13.3. The zero-order chi connectivity index (χ0) is 17.6. The predicted octanol–water partition coefficient (Wildman–Crippen LogP) is 7.06. The van der Waals surface area contributed by atoms with Gasteiger partial charge in [-0.1, -0.05) is 45.7 Å². The second-order valence-electron chi connectivity index (χ2n) is 5.54. The van der Waals surface area contributed by atoms with Gasteiger partial charge in [-0.15, -0.1) is 0 Å². The van der Waals surface area contributed by atoms with Gasteiger partial charge in [0, 0.05) is 21.7 Å². The van der Waals surface area contributed by atoms with Crippen molar-refractivity contribution in [3.63, 3.8) is 0 Å². The highest BCUT2D eigenvalue weighted by Crippen LogP contribution is 2.27. The first kappa shape index (κ1) is 18.3. The first-order valence-electron chi connectivity index (χ1n) is 7.75. The standard InChI is InChI=1S/C20H16Br2ClNO/c21-16-5-7-18(8-6-16)24-12-14-4-9-20(19(22)11-14)25-13-15-2-1-3-17(23)10-15/h1-11,24H,12-13H2. The third-order valence-electron chi connectivity index (χ3n) is 3.62. The van der Waals surface area contributed by atoms with Gasteiger partial charge in [-0.25, -0.2) is 0 Å². The monoisotopic (exact) mass is 479 g/mol. The zero-order valence-corrected chi connectivity index (χ0v) is 17.2. The summed E-state index contributed by atoms with van der Waals surface area (Å²) < 4.78 is 7.88. The molecule has 0 unspecified atom stereocenters. The van der Waals surface area contributed by atoms with Gasteiger partial charge >= 0.3 is 0 Å². The van der Waals surface area contributed by atoms with Gasteiger partial charge in [0.1, 0.15) is 12.4 Å². The molecule has 25 heavy (non-hydrogen) atoms. The van der Waals surface area contributed by atoms with Gasteiger partial charge in [-0.05, 0) is 75.6 Å². The van der Waals surface area contributed by atoms with Crippen LogP contribution in [-0.2, 0) is 13.2 Å². The van der Waals surface area contributed by atoms with Gasteiger partial charge in [0.15, 0.2) is 0 Å². The number of anilines is 1. The largest absolute Gasteiger partial charge is 0.488 e. The summed E-state index contributed by atoms with van der Waals surface area (Å²) in [6.07, 6.45) is 0. The molecule has 0 saturated heterocycles. The molecular formula is C20H16Br2ClNO. The first-order valence-corrected chi connectivity index (χ1v) is 9.72. The summed E-state index contributed by atoms with van der Waals surface area (Å²) in [5.41, 5.74) is 3.30. The molecule has 0 saturated carbocycles. The van der Waals surface area contributed by atoms with Crippen LogP contribution in [0.1, 0.15) is 11.1 Å². The van der Waals surface area contributed by atoms with E-state index in [1.165, 1.54) is 5.56 Å². The minimum Gasteiger partial charge on any atom is -0.488 e. The van der Waals surface area contributed by atoms with Gasteiger partial charge < -0.3 is 10.1 Å². The number of halogens is 3. The Labute approximate surface area is 169 Å². The van der Waals surface area contributed by atoms with E-state index in [1.54, 1.807) is 0 Å². The lowest BCUT2D eigenvalue weighted by Crippen LogP contribution is -2.00. The number of hydrogen-bond acceptors (Lipinski definition) is 2. The van der Waals surface area contributed by atoms with Crippen LogP contribution in [0.2, 0.25) is 5.02 Å². The average Bonchev–Trinajstić information content (AvgIpc) is 2.60. The van der Waals surface area contributed by atoms with E-state index in [-0.39, 0.29) is 0 Å². The lowest BCUT2D eigenvalue weighted by molar-refractivity contribution is 0.304. The summed E-state index contributed by atoms with van der Waals surface area (Å²) >= 11 is 13.0. The summed E-state index contributed by atoms with van der Waals surface area (Å²) in [7, 11) is 0. The molecule has 128 valence electrons.